The maximum atomic E-state index is 12.3. The third kappa shape index (κ3) is 4.70. The topological polar surface area (TPSA) is 106 Å². The number of anilines is 1. The first-order chi connectivity index (χ1) is 12.2. The van der Waals surface area contributed by atoms with E-state index in [1.165, 1.54) is 23.9 Å². The first-order valence-electron chi connectivity index (χ1n) is 7.84. The molecule has 0 spiro atoms. The van der Waals surface area contributed by atoms with Crippen LogP contribution in [0.4, 0.5) is 5.69 Å². The van der Waals surface area contributed by atoms with Crippen molar-refractivity contribution in [3.63, 3.8) is 0 Å². The lowest BCUT2D eigenvalue weighted by molar-refractivity contribution is -0.116. The number of carbonyl (C=O) groups excluding carboxylic acids is 2. The van der Waals surface area contributed by atoms with Crippen molar-refractivity contribution in [2.45, 2.75) is 18.2 Å². The molecule has 0 aliphatic rings. The molecule has 0 saturated carbocycles. The number of esters is 1. The lowest BCUT2D eigenvalue weighted by Crippen LogP contribution is -2.27. The number of benzene rings is 1. The number of ether oxygens (including phenoxy) is 1. The summed E-state index contributed by atoms with van der Waals surface area (Å²) in [7, 11) is -1.08. The second-order valence-electron chi connectivity index (χ2n) is 5.67. The van der Waals surface area contributed by atoms with Gasteiger partial charge in [-0.15, -0.1) is 0 Å². The summed E-state index contributed by atoms with van der Waals surface area (Å²) in [6.45, 7) is 1.80. The number of aromatic nitrogens is 1. The van der Waals surface area contributed by atoms with Gasteiger partial charge in [0.05, 0.1) is 7.11 Å². The average Bonchev–Trinajstić information content (AvgIpc) is 2.99. The van der Waals surface area contributed by atoms with Gasteiger partial charge in [-0.05, 0) is 24.6 Å². The van der Waals surface area contributed by atoms with Crippen molar-refractivity contribution in [3.05, 3.63) is 47.8 Å². The van der Waals surface area contributed by atoms with Crippen LogP contribution in [0.25, 0.3) is 0 Å². The fraction of sp³-hybridized carbons (Fsp3) is 0.294. The van der Waals surface area contributed by atoms with Crippen molar-refractivity contribution in [2.24, 2.45) is 7.05 Å². The highest BCUT2D eigenvalue weighted by molar-refractivity contribution is 7.89. The van der Waals surface area contributed by atoms with Crippen molar-refractivity contribution in [3.8, 4) is 0 Å². The zero-order chi connectivity index (χ0) is 19.3. The van der Waals surface area contributed by atoms with Gasteiger partial charge < -0.3 is 14.6 Å². The first-order valence-corrected chi connectivity index (χ1v) is 9.32. The summed E-state index contributed by atoms with van der Waals surface area (Å²) in [5, 5.41) is 2.73. The molecule has 0 fully saturated rings. The van der Waals surface area contributed by atoms with Gasteiger partial charge >= 0.3 is 5.97 Å². The third-order valence-corrected chi connectivity index (χ3v) is 5.18. The molecule has 0 atom stereocenters. The summed E-state index contributed by atoms with van der Waals surface area (Å²) in [4.78, 5) is 23.5. The lowest BCUT2D eigenvalue weighted by Gasteiger charge is -2.08. The fourth-order valence-electron chi connectivity index (χ4n) is 2.30. The molecule has 140 valence electrons. The number of nitrogens with one attached hydrogen (secondary N) is 2. The fourth-order valence-corrected chi connectivity index (χ4v) is 3.40. The Labute approximate surface area is 152 Å². The molecular formula is C17H21N3O5S. The molecule has 9 heteroatoms. The van der Waals surface area contributed by atoms with Gasteiger partial charge in [0.25, 0.3) is 0 Å². The molecule has 0 aliphatic heterocycles. The summed E-state index contributed by atoms with van der Waals surface area (Å²) in [6, 6.07) is 8.53. The number of hydrogen-bond donors (Lipinski definition) is 2. The molecule has 0 aliphatic carbocycles. The van der Waals surface area contributed by atoms with E-state index in [9.17, 15) is 18.0 Å². The SMILES string of the molecule is COC(=O)c1cc(S(=O)(=O)NCCC(=O)Nc2ccccc2C)cn1C. The Bertz CT molecular complexity index is 918. The Morgan fingerprint density at radius 1 is 1.23 bits per heavy atom. The van der Waals surface area contributed by atoms with Crippen molar-refractivity contribution < 1.29 is 22.7 Å². The Kier molecular flexibility index (Phi) is 6.17. The van der Waals surface area contributed by atoms with E-state index >= 15 is 0 Å². The standard InChI is InChI=1S/C17H21N3O5S/c1-12-6-4-5-7-14(12)19-16(21)8-9-18-26(23,24)13-10-15(17(22)25-3)20(2)11-13/h4-7,10-11,18H,8-9H2,1-3H3,(H,19,21). The van der Waals surface area contributed by atoms with Gasteiger partial charge in [-0.25, -0.2) is 17.9 Å². The van der Waals surface area contributed by atoms with Crippen LogP contribution in [0, 0.1) is 6.92 Å². The number of aryl methyl sites for hydroxylation is 2. The highest BCUT2D eigenvalue weighted by atomic mass is 32.2. The molecule has 0 saturated heterocycles. The number of para-hydroxylation sites is 1. The minimum atomic E-state index is -3.84. The van der Waals surface area contributed by atoms with Crippen molar-refractivity contribution in [1.29, 1.82) is 0 Å². The Morgan fingerprint density at radius 2 is 1.92 bits per heavy atom. The normalized spacial score (nSPS) is 11.2. The number of nitrogens with zero attached hydrogens (tertiary/aromatic N) is 1. The molecule has 2 N–H and O–H groups in total. The van der Waals surface area contributed by atoms with E-state index in [2.05, 4.69) is 14.8 Å². The molecule has 1 heterocycles. The third-order valence-electron chi connectivity index (χ3n) is 3.75. The molecule has 26 heavy (non-hydrogen) atoms. The van der Waals surface area contributed by atoms with Crippen molar-refractivity contribution in [2.75, 3.05) is 19.0 Å². The second kappa shape index (κ2) is 8.15. The lowest BCUT2D eigenvalue weighted by atomic mass is 10.2. The predicted octanol–water partition coefficient (Wildman–Crippen LogP) is 1.43. The second-order valence-corrected chi connectivity index (χ2v) is 7.44. The highest BCUT2D eigenvalue weighted by Crippen LogP contribution is 2.15. The van der Waals surface area contributed by atoms with E-state index in [0.29, 0.717) is 5.69 Å². The smallest absolute Gasteiger partial charge is 0.354 e. The highest BCUT2D eigenvalue weighted by Gasteiger charge is 2.20. The van der Waals surface area contributed by atoms with Gasteiger partial charge in [-0.3, -0.25) is 4.79 Å². The summed E-state index contributed by atoms with van der Waals surface area (Å²) >= 11 is 0. The van der Waals surface area contributed by atoms with E-state index in [4.69, 9.17) is 0 Å². The van der Waals surface area contributed by atoms with Gasteiger partial charge in [-0.2, -0.15) is 0 Å². The Balaban J connectivity index is 1.95. The molecule has 8 nitrogen and oxygen atoms in total. The monoisotopic (exact) mass is 379 g/mol. The summed E-state index contributed by atoms with van der Waals surface area (Å²) < 4.78 is 32.9. The number of methoxy groups -OCH3 is 1. The molecule has 1 aromatic carbocycles. The van der Waals surface area contributed by atoms with Crippen LogP contribution in [0.15, 0.2) is 41.4 Å². The number of carbonyl (C=O) groups is 2. The summed E-state index contributed by atoms with van der Waals surface area (Å²) in [6.07, 6.45) is 1.28. The van der Waals surface area contributed by atoms with E-state index in [-0.39, 0.29) is 29.5 Å². The minimum Gasteiger partial charge on any atom is -0.464 e. The van der Waals surface area contributed by atoms with Crippen LogP contribution in [-0.2, 0) is 26.6 Å². The van der Waals surface area contributed by atoms with Crippen LogP contribution < -0.4 is 10.0 Å². The van der Waals surface area contributed by atoms with Gasteiger partial charge in [-0.1, -0.05) is 18.2 Å². The van der Waals surface area contributed by atoms with Crippen LogP contribution in [0.5, 0.6) is 0 Å². The largest absolute Gasteiger partial charge is 0.464 e. The van der Waals surface area contributed by atoms with E-state index in [0.717, 1.165) is 5.56 Å². The maximum Gasteiger partial charge on any atom is 0.354 e. The van der Waals surface area contributed by atoms with Gasteiger partial charge in [0, 0.05) is 31.9 Å². The van der Waals surface area contributed by atoms with E-state index in [1.807, 2.05) is 19.1 Å². The summed E-state index contributed by atoms with van der Waals surface area (Å²) in [5.41, 5.74) is 1.72. The molecular weight excluding hydrogens is 358 g/mol. The number of sulfonamides is 1. The van der Waals surface area contributed by atoms with Crippen LogP contribution >= 0.6 is 0 Å². The number of amides is 1. The quantitative estimate of drug-likeness (QED) is 0.708. The minimum absolute atomic E-state index is 0.0236. The van der Waals surface area contributed by atoms with Gasteiger partial charge in [0.1, 0.15) is 10.6 Å². The molecule has 0 bridgehead atoms. The van der Waals surface area contributed by atoms with Crippen molar-refractivity contribution >= 4 is 27.6 Å². The van der Waals surface area contributed by atoms with Gasteiger partial charge in [0.15, 0.2) is 0 Å². The molecule has 0 unspecified atom stereocenters. The zero-order valence-electron chi connectivity index (χ0n) is 14.8. The van der Waals surface area contributed by atoms with Crippen LogP contribution in [-0.4, -0.2) is 38.5 Å². The number of rotatable bonds is 7. The predicted molar refractivity (Wildman–Crippen MR) is 96.4 cm³/mol. The van der Waals surface area contributed by atoms with Crippen LogP contribution in [0.3, 0.4) is 0 Å². The first kappa shape index (κ1) is 19.7. The molecule has 2 aromatic rings. The van der Waals surface area contributed by atoms with Crippen LogP contribution in [0.2, 0.25) is 0 Å². The van der Waals surface area contributed by atoms with Gasteiger partial charge in [0.2, 0.25) is 15.9 Å². The Morgan fingerprint density at radius 3 is 2.58 bits per heavy atom. The maximum absolute atomic E-state index is 12.3. The van der Waals surface area contributed by atoms with E-state index < -0.39 is 16.0 Å². The molecule has 2 rings (SSSR count). The average molecular weight is 379 g/mol. The van der Waals surface area contributed by atoms with E-state index in [1.54, 1.807) is 19.2 Å². The summed E-state index contributed by atoms with van der Waals surface area (Å²) in [5.74, 6) is -0.933. The van der Waals surface area contributed by atoms with Crippen molar-refractivity contribution in [1.82, 2.24) is 9.29 Å². The molecule has 0 radical (unpaired) electrons. The van der Waals surface area contributed by atoms with Crippen LogP contribution in [0.1, 0.15) is 22.5 Å². The number of hydrogen-bond acceptors (Lipinski definition) is 5. The Hall–Kier alpha value is -2.65. The molecule has 1 amide bonds. The zero-order valence-corrected chi connectivity index (χ0v) is 15.6. The molecule has 1 aromatic heterocycles.